The zero-order valence-corrected chi connectivity index (χ0v) is 12.7. The summed E-state index contributed by atoms with van der Waals surface area (Å²) in [5.74, 6) is -1.30. The Morgan fingerprint density at radius 3 is 2.43 bits per heavy atom. The second-order valence-corrected chi connectivity index (χ2v) is 5.42. The van der Waals surface area contributed by atoms with Gasteiger partial charge in [-0.25, -0.2) is 4.79 Å². The molecule has 1 rings (SSSR count). The average Bonchev–Trinajstić information content (AvgIpc) is 2.95. The Morgan fingerprint density at radius 2 is 1.90 bits per heavy atom. The van der Waals surface area contributed by atoms with Crippen molar-refractivity contribution in [3.63, 3.8) is 0 Å². The molecule has 1 fully saturated rings. The maximum atomic E-state index is 12.2. The van der Waals surface area contributed by atoms with Crippen molar-refractivity contribution < 1.29 is 19.5 Å². The van der Waals surface area contributed by atoms with Crippen LogP contribution in [0.5, 0.6) is 0 Å². The van der Waals surface area contributed by atoms with Gasteiger partial charge in [-0.3, -0.25) is 9.59 Å². The van der Waals surface area contributed by atoms with Crippen molar-refractivity contribution >= 4 is 17.9 Å². The van der Waals surface area contributed by atoms with Gasteiger partial charge in [-0.2, -0.15) is 0 Å². The Hall–Kier alpha value is -1.79. The second-order valence-electron chi connectivity index (χ2n) is 5.42. The monoisotopic (exact) mass is 299 g/mol. The Balaban J connectivity index is 2.58. The summed E-state index contributed by atoms with van der Waals surface area (Å²) in [4.78, 5) is 36.2. The number of carboxylic acid groups (broad SMARTS) is 1. The van der Waals surface area contributed by atoms with Gasteiger partial charge in [0.15, 0.2) is 0 Å². The Bertz CT molecular complexity index is 380. The first kappa shape index (κ1) is 17.3. The third-order valence-corrected chi connectivity index (χ3v) is 3.61. The molecule has 0 spiro atoms. The molecule has 0 aromatic heterocycles. The number of aliphatic carboxylic acids is 1. The first-order valence-corrected chi connectivity index (χ1v) is 7.52. The van der Waals surface area contributed by atoms with Gasteiger partial charge in [0.05, 0.1) is 0 Å². The van der Waals surface area contributed by atoms with Crippen LogP contribution in [0, 0.1) is 0 Å². The van der Waals surface area contributed by atoms with Gasteiger partial charge in [0, 0.05) is 12.6 Å². The van der Waals surface area contributed by atoms with E-state index in [1.54, 1.807) is 6.92 Å². The minimum Gasteiger partial charge on any atom is -0.480 e. The lowest BCUT2D eigenvalue weighted by Crippen LogP contribution is -2.53. The molecule has 1 atom stereocenters. The molecule has 0 bridgehead atoms. The van der Waals surface area contributed by atoms with Crippen LogP contribution in [0.2, 0.25) is 0 Å². The molecule has 3 N–H and O–H groups in total. The summed E-state index contributed by atoms with van der Waals surface area (Å²) in [5.41, 5.74) is 0. The number of hydrogen-bond donors (Lipinski definition) is 3. The number of amides is 3. The maximum Gasteiger partial charge on any atom is 0.323 e. The third kappa shape index (κ3) is 5.61. The summed E-state index contributed by atoms with van der Waals surface area (Å²) in [6.07, 6.45) is 4.45. The molecular formula is C14H25N3O4. The fourth-order valence-electron chi connectivity index (χ4n) is 2.46. The van der Waals surface area contributed by atoms with Gasteiger partial charge in [0.2, 0.25) is 5.91 Å². The van der Waals surface area contributed by atoms with Crippen molar-refractivity contribution in [2.45, 2.75) is 58.0 Å². The van der Waals surface area contributed by atoms with E-state index in [-0.39, 0.29) is 18.5 Å². The lowest BCUT2D eigenvalue weighted by atomic mass is 10.2. The van der Waals surface area contributed by atoms with Gasteiger partial charge in [0.25, 0.3) is 0 Å². The molecule has 0 aromatic carbocycles. The molecular weight excluding hydrogens is 274 g/mol. The summed E-state index contributed by atoms with van der Waals surface area (Å²) in [5, 5.41) is 14.2. The van der Waals surface area contributed by atoms with Crippen molar-refractivity contribution in [1.29, 1.82) is 0 Å². The topological polar surface area (TPSA) is 98.7 Å². The summed E-state index contributed by atoms with van der Waals surface area (Å²) >= 11 is 0. The van der Waals surface area contributed by atoms with Crippen molar-refractivity contribution in [3.05, 3.63) is 0 Å². The van der Waals surface area contributed by atoms with Crippen LogP contribution in [-0.4, -0.2) is 53.1 Å². The number of carbonyl (C=O) groups excluding carboxylic acids is 2. The maximum absolute atomic E-state index is 12.2. The Labute approximate surface area is 125 Å². The molecule has 0 saturated heterocycles. The van der Waals surface area contributed by atoms with Crippen molar-refractivity contribution in [2.75, 3.05) is 13.1 Å². The van der Waals surface area contributed by atoms with E-state index in [9.17, 15) is 14.4 Å². The smallest absolute Gasteiger partial charge is 0.323 e. The van der Waals surface area contributed by atoms with Crippen LogP contribution in [0.1, 0.15) is 46.0 Å². The molecule has 21 heavy (non-hydrogen) atoms. The molecule has 1 saturated carbocycles. The summed E-state index contributed by atoms with van der Waals surface area (Å²) in [6, 6.07) is -1.21. The molecule has 0 aromatic rings. The normalized spacial score (nSPS) is 16.3. The van der Waals surface area contributed by atoms with E-state index < -0.39 is 18.0 Å². The van der Waals surface area contributed by atoms with Crippen LogP contribution >= 0.6 is 0 Å². The number of carboxylic acids is 1. The number of nitrogens with one attached hydrogen (secondary N) is 2. The highest BCUT2D eigenvalue weighted by atomic mass is 16.4. The molecule has 1 aliphatic rings. The standard InChI is InChI=1S/C14H25N3O4/c1-3-8-15-13(20)10(2)16-14(21)17(9-12(18)19)11-6-4-5-7-11/h10-11H,3-9H2,1-2H3,(H,15,20)(H,16,21)(H,18,19). The predicted molar refractivity (Wildman–Crippen MR) is 77.9 cm³/mol. The van der Waals surface area contributed by atoms with E-state index in [0.717, 1.165) is 32.1 Å². The highest BCUT2D eigenvalue weighted by Crippen LogP contribution is 2.23. The second kappa shape index (κ2) is 8.49. The van der Waals surface area contributed by atoms with E-state index in [0.29, 0.717) is 6.54 Å². The molecule has 1 aliphatic carbocycles. The molecule has 0 radical (unpaired) electrons. The number of nitrogens with zero attached hydrogens (tertiary/aromatic N) is 1. The number of carbonyl (C=O) groups is 3. The van der Waals surface area contributed by atoms with Crippen molar-refractivity contribution in [3.8, 4) is 0 Å². The lowest BCUT2D eigenvalue weighted by Gasteiger charge is -2.28. The molecule has 7 nitrogen and oxygen atoms in total. The number of hydrogen-bond acceptors (Lipinski definition) is 3. The highest BCUT2D eigenvalue weighted by molar-refractivity contribution is 5.87. The van der Waals surface area contributed by atoms with Crippen LogP contribution in [0.15, 0.2) is 0 Å². The average molecular weight is 299 g/mol. The van der Waals surface area contributed by atoms with Gasteiger partial charge in [-0.05, 0) is 26.2 Å². The van der Waals surface area contributed by atoms with E-state index >= 15 is 0 Å². The first-order valence-electron chi connectivity index (χ1n) is 7.52. The highest BCUT2D eigenvalue weighted by Gasteiger charge is 2.29. The van der Waals surface area contributed by atoms with E-state index in [1.165, 1.54) is 4.90 Å². The van der Waals surface area contributed by atoms with Gasteiger partial charge in [-0.15, -0.1) is 0 Å². The first-order chi connectivity index (χ1) is 9.95. The third-order valence-electron chi connectivity index (χ3n) is 3.61. The summed E-state index contributed by atoms with van der Waals surface area (Å²) in [7, 11) is 0. The predicted octanol–water partition coefficient (Wildman–Crippen LogP) is 0.940. The van der Waals surface area contributed by atoms with Gasteiger partial charge in [-0.1, -0.05) is 19.8 Å². The van der Waals surface area contributed by atoms with E-state index in [2.05, 4.69) is 10.6 Å². The molecule has 120 valence electrons. The van der Waals surface area contributed by atoms with Gasteiger partial charge in [0.1, 0.15) is 12.6 Å². The lowest BCUT2D eigenvalue weighted by molar-refractivity contribution is -0.138. The number of rotatable bonds is 7. The quantitative estimate of drug-likeness (QED) is 0.651. The molecule has 0 aliphatic heterocycles. The van der Waals surface area contributed by atoms with E-state index in [1.807, 2.05) is 6.92 Å². The molecule has 3 amide bonds. The molecule has 1 unspecified atom stereocenters. The van der Waals surface area contributed by atoms with Crippen LogP contribution in [0.3, 0.4) is 0 Å². The summed E-state index contributed by atoms with van der Waals surface area (Å²) < 4.78 is 0. The van der Waals surface area contributed by atoms with Crippen LogP contribution in [0.4, 0.5) is 4.79 Å². The Kier molecular flexibility index (Phi) is 6.98. The molecule has 7 heteroatoms. The van der Waals surface area contributed by atoms with Crippen molar-refractivity contribution in [2.24, 2.45) is 0 Å². The minimum atomic E-state index is -1.04. The number of urea groups is 1. The van der Waals surface area contributed by atoms with Crippen molar-refractivity contribution in [1.82, 2.24) is 15.5 Å². The fraction of sp³-hybridized carbons (Fsp3) is 0.786. The Morgan fingerprint density at radius 1 is 1.29 bits per heavy atom. The van der Waals surface area contributed by atoms with Crippen LogP contribution in [-0.2, 0) is 9.59 Å². The zero-order chi connectivity index (χ0) is 15.8. The summed E-state index contributed by atoms with van der Waals surface area (Å²) in [6.45, 7) is 3.76. The molecule has 0 heterocycles. The largest absolute Gasteiger partial charge is 0.480 e. The fourth-order valence-corrected chi connectivity index (χ4v) is 2.46. The van der Waals surface area contributed by atoms with Gasteiger partial charge >= 0.3 is 12.0 Å². The minimum absolute atomic E-state index is 0.0491. The van der Waals surface area contributed by atoms with Crippen LogP contribution in [0.25, 0.3) is 0 Å². The zero-order valence-electron chi connectivity index (χ0n) is 12.7. The van der Waals surface area contributed by atoms with Gasteiger partial charge < -0.3 is 20.6 Å². The van der Waals surface area contributed by atoms with E-state index in [4.69, 9.17) is 5.11 Å². The SMILES string of the molecule is CCCNC(=O)C(C)NC(=O)N(CC(=O)O)C1CCCC1. The van der Waals surface area contributed by atoms with Crippen LogP contribution < -0.4 is 10.6 Å².